The van der Waals surface area contributed by atoms with Gasteiger partial charge in [0, 0.05) is 17.8 Å². The quantitative estimate of drug-likeness (QED) is 0.671. The van der Waals surface area contributed by atoms with Gasteiger partial charge in [0.15, 0.2) is 0 Å². The molecular weight excluding hydrogens is 375 g/mol. The van der Waals surface area contributed by atoms with E-state index in [0.717, 1.165) is 12.1 Å². The van der Waals surface area contributed by atoms with Crippen LogP contribution in [0.1, 0.15) is 19.8 Å². The second-order valence-electron chi connectivity index (χ2n) is 5.49. The minimum atomic E-state index is -3.85. The van der Waals surface area contributed by atoms with Crippen molar-refractivity contribution in [3.8, 4) is 0 Å². The first kappa shape index (κ1) is 20.4. The number of rotatable bonds is 8. The molecule has 0 saturated heterocycles. The maximum absolute atomic E-state index is 12.9. The lowest BCUT2D eigenvalue weighted by atomic mass is 10.2. The second-order valence-corrected chi connectivity index (χ2v) is 7.17. The minimum absolute atomic E-state index is 0.0173. The zero-order valence-electron chi connectivity index (χ0n) is 14.6. The van der Waals surface area contributed by atoms with Gasteiger partial charge in [-0.05, 0) is 55.5 Å². The number of halogens is 1. The molecule has 144 valence electrons. The molecule has 2 N–H and O–H groups in total. The van der Waals surface area contributed by atoms with Gasteiger partial charge in [0.1, 0.15) is 5.82 Å². The van der Waals surface area contributed by atoms with Gasteiger partial charge in [0.05, 0.1) is 17.9 Å². The van der Waals surface area contributed by atoms with Gasteiger partial charge in [-0.15, -0.1) is 0 Å². The molecule has 0 radical (unpaired) electrons. The van der Waals surface area contributed by atoms with E-state index >= 15 is 0 Å². The van der Waals surface area contributed by atoms with Crippen LogP contribution in [0.3, 0.4) is 0 Å². The number of sulfonamides is 1. The average Bonchev–Trinajstić information content (AvgIpc) is 2.62. The molecule has 2 aromatic rings. The Kier molecular flexibility index (Phi) is 6.89. The van der Waals surface area contributed by atoms with Gasteiger partial charge in [-0.1, -0.05) is 0 Å². The van der Waals surface area contributed by atoms with E-state index in [-0.39, 0.29) is 35.9 Å². The van der Waals surface area contributed by atoms with Crippen LogP contribution >= 0.6 is 0 Å². The van der Waals surface area contributed by atoms with Crippen LogP contribution in [0.5, 0.6) is 0 Å². The fraction of sp³-hybridized carbons (Fsp3) is 0.222. The Hall–Kier alpha value is -2.94. The Labute approximate surface area is 156 Å². The zero-order chi connectivity index (χ0) is 19.9. The van der Waals surface area contributed by atoms with Crippen LogP contribution in [-0.4, -0.2) is 26.9 Å². The lowest BCUT2D eigenvalue weighted by Crippen LogP contribution is -2.15. The van der Waals surface area contributed by atoms with Gasteiger partial charge < -0.3 is 10.1 Å². The molecule has 9 heteroatoms. The molecule has 2 rings (SSSR count). The fourth-order valence-corrected chi connectivity index (χ4v) is 3.18. The Morgan fingerprint density at radius 1 is 0.963 bits per heavy atom. The normalized spacial score (nSPS) is 10.9. The molecule has 0 saturated carbocycles. The summed E-state index contributed by atoms with van der Waals surface area (Å²) in [5.74, 6) is -1.31. The van der Waals surface area contributed by atoms with Gasteiger partial charge in [-0.3, -0.25) is 14.3 Å². The van der Waals surface area contributed by atoms with E-state index in [1.165, 1.54) is 36.4 Å². The summed E-state index contributed by atoms with van der Waals surface area (Å²) in [7, 11) is -3.85. The van der Waals surface area contributed by atoms with Gasteiger partial charge in [0.25, 0.3) is 10.0 Å². The number of carbonyl (C=O) groups excluding carboxylic acids is 2. The average molecular weight is 394 g/mol. The second kappa shape index (κ2) is 9.13. The minimum Gasteiger partial charge on any atom is -0.466 e. The summed E-state index contributed by atoms with van der Waals surface area (Å²) < 4.78 is 44.6. The van der Waals surface area contributed by atoms with Crippen molar-refractivity contribution in [1.29, 1.82) is 0 Å². The summed E-state index contributed by atoms with van der Waals surface area (Å²) in [5.41, 5.74) is 0.623. The Bertz CT molecular complexity index is 896. The lowest BCUT2D eigenvalue weighted by Gasteiger charge is -2.09. The fourth-order valence-electron chi connectivity index (χ4n) is 2.12. The highest BCUT2D eigenvalue weighted by molar-refractivity contribution is 7.92. The highest BCUT2D eigenvalue weighted by Gasteiger charge is 2.14. The highest BCUT2D eigenvalue weighted by Crippen LogP contribution is 2.18. The third kappa shape index (κ3) is 6.37. The molecule has 0 fully saturated rings. The molecule has 0 spiro atoms. The van der Waals surface area contributed by atoms with E-state index in [1.54, 1.807) is 6.92 Å². The van der Waals surface area contributed by atoms with Crippen LogP contribution in [0.4, 0.5) is 15.8 Å². The molecule has 0 heterocycles. The first-order valence-electron chi connectivity index (χ1n) is 8.14. The van der Waals surface area contributed by atoms with E-state index < -0.39 is 21.8 Å². The Morgan fingerprint density at radius 3 is 2.15 bits per heavy atom. The van der Waals surface area contributed by atoms with Crippen LogP contribution in [0.2, 0.25) is 0 Å². The van der Waals surface area contributed by atoms with E-state index in [1.807, 2.05) is 0 Å². The van der Waals surface area contributed by atoms with Gasteiger partial charge in [0.2, 0.25) is 5.91 Å². The Morgan fingerprint density at radius 2 is 1.56 bits per heavy atom. The highest BCUT2D eigenvalue weighted by atomic mass is 32.2. The summed E-state index contributed by atoms with van der Waals surface area (Å²) >= 11 is 0. The molecule has 0 aliphatic rings. The topological polar surface area (TPSA) is 102 Å². The number of amides is 1. The number of esters is 1. The summed E-state index contributed by atoms with van der Waals surface area (Å²) in [6.45, 7) is 1.93. The van der Waals surface area contributed by atoms with Crippen molar-refractivity contribution in [3.05, 3.63) is 54.3 Å². The molecule has 0 aliphatic carbocycles. The number of benzene rings is 2. The SMILES string of the molecule is CCOC(=O)CCC(=O)Nc1ccc(S(=O)(=O)Nc2ccc(F)cc2)cc1. The molecule has 0 unspecified atom stereocenters. The van der Waals surface area contributed by atoms with Crippen LogP contribution in [0.25, 0.3) is 0 Å². The molecule has 0 atom stereocenters. The van der Waals surface area contributed by atoms with Gasteiger partial charge in [-0.2, -0.15) is 0 Å². The van der Waals surface area contributed by atoms with Gasteiger partial charge in [-0.25, -0.2) is 12.8 Å². The number of anilines is 2. The van der Waals surface area contributed by atoms with E-state index in [2.05, 4.69) is 10.0 Å². The first-order chi connectivity index (χ1) is 12.8. The Balaban J connectivity index is 1.96. The molecule has 0 bridgehead atoms. The van der Waals surface area contributed by atoms with Crippen molar-refractivity contribution in [3.63, 3.8) is 0 Å². The maximum atomic E-state index is 12.9. The standard InChI is InChI=1S/C18H19FN2O5S/c1-2-26-18(23)12-11-17(22)20-14-7-9-16(10-8-14)27(24,25)21-15-5-3-13(19)4-6-15/h3-10,21H,2,11-12H2,1H3,(H,20,22). The first-order valence-corrected chi connectivity index (χ1v) is 9.62. The van der Waals surface area contributed by atoms with Crippen LogP contribution in [-0.2, 0) is 24.3 Å². The number of hydrogen-bond donors (Lipinski definition) is 2. The number of carbonyl (C=O) groups is 2. The third-order valence-corrected chi connectivity index (χ3v) is 4.80. The predicted octanol–water partition coefficient (Wildman–Crippen LogP) is 2.91. The van der Waals surface area contributed by atoms with Crippen molar-refractivity contribution in [2.45, 2.75) is 24.7 Å². The zero-order valence-corrected chi connectivity index (χ0v) is 15.4. The molecule has 2 aromatic carbocycles. The van der Waals surface area contributed by atoms with Crippen molar-refractivity contribution in [1.82, 2.24) is 0 Å². The van der Waals surface area contributed by atoms with Crippen molar-refractivity contribution >= 4 is 33.3 Å². The molecule has 7 nitrogen and oxygen atoms in total. The predicted molar refractivity (Wildman–Crippen MR) is 98.1 cm³/mol. The van der Waals surface area contributed by atoms with Crippen LogP contribution < -0.4 is 10.0 Å². The number of ether oxygens (including phenoxy) is 1. The van der Waals surface area contributed by atoms with E-state index in [9.17, 15) is 22.4 Å². The van der Waals surface area contributed by atoms with Gasteiger partial charge >= 0.3 is 5.97 Å². The van der Waals surface area contributed by atoms with Crippen LogP contribution in [0, 0.1) is 5.82 Å². The molecule has 0 aromatic heterocycles. The summed E-state index contributed by atoms with van der Waals surface area (Å²) in [5, 5.41) is 2.57. The van der Waals surface area contributed by atoms with Crippen LogP contribution in [0.15, 0.2) is 53.4 Å². The summed E-state index contributed by atoms with van der Waals surface area (Å²) in [6, 6.07) is 10.4. The monoisotopic (exact) mass is 394 g/mol. The van der Waals surface area contributed by atoms with E-state index in [4.69, 9.17) is 4.74 Å². The summed E-state index contributed by atoms with van der Waals surface area (Å²) in [4.78, 5) is 23.0. The largest absolute Gasteiger partial charge is 0.466 e. The smallest absolute Gasteiger partial charge is 0.306 e. The molecular formula is C18H19FN2O5S. The van der Waals surface area contributed by atoms with Crippen molar-refractivity contribution in [2.24, 2.45) is 0 Å². The van der Waals surface area contributed by atoms with Crippen molar-refractivity contribution < 1.29 is 27.1 Å². The number of nitrogens with one attached hydrogen (secondary N) is 2. The number of hydrogen-bond acceptors (Lipinski definition) is 5. The molecule has 27 heavy (non-hydrogen) atoms. The lowest BCUT2D eigenvalue weighted by molar-refractivity contribution is -0.144. The summed E-state index contributed by atoms with van der Waals surface area (Å²) in [6.07, 6.45) is -0.0707. The molecule has 0 aliphatic heterocycles. The maximum Gasteiger partial charge on any atom is 0.306 e. The third-order valence-electron chi connectivity index (χ3n) is 3.41. The van der Waals surface area contributed by atoms with Crippen molar-refractivity contribution in [2.75, 3.05) is 16.6 Å². The molecule has 1 amide bonds. The van der Waals surface area contributed by atoms with E-state index in [0.29, 0.717) is 5.69 Å².